The average Bonchev–Trinajstić information content (AvgIpc) is 2.87. The standard InChI is InChI=1S/C19H14ClFN2O3/c20-14-9-12(10-17-18(14)26-7-3-6-25-17)8-13(11-22)19(24)23-16-5-2-1-4-15(16)21/h1-2,4-5,8-10H,3,6-7H2,(H,23,24)/b13-8+. The second-order valence-electron chi connectivity index (χ2n) is 5.48. The van der Waals surface area contributed by atoms with Crippen LogP contribution in [0.3, 0.4) is 0 Å². The van der Waals surface area contributed by atoms with Gasteiger partial charge in [0.25, 0.3) is 5.91 Å². The van der Waals surface area contributed by atoms with Crippen LogP contribution in [-0.2, 0) is 4.79 Å². The normalized spacial score (nSPS) is 13.5. The Morgan fingerprint density at radius 2 is 2.04 bits per heavy atom. The predicted molar refractivity (Wildman–Crippen MR) is 95.7 cm³/mol. The van der Waals surface area contributed by atoms with Gasteiger partial charge in [-0.25, -0.2) is 4.39 Å². The minimum Gasteiger partial charge on any atom is -0.489 e. The topological polar surface area (TPSA) is 71.3 Å². The average molecular weight is 373 g/mol. The Morgan fingerprint density at radius 1 is 1.27 bits per heavy atom. The fraction of sp³-hybridized carbons (Fsp3) is 0.158. The number of nitrogens with one attached hydrogen (secondary N) is 1. The number of halogens is 2. The molecule has 5 nitrogen and oxygen atoms in total. The van der Waals surface area contributed by atoms with Crippen molar-refractivity contribution in [2.75, 3.05) is 18.5 Å². The molecule has 0 fully saturated rings. The lowest BCUT2D eigenvalue weighted by Crippen LogP contribution is -2.14. The molecule has 1 heterocycles. The van der Waals surface area contributed by atoms with Gasteiger partial charge in [0, 0.05) is 6.42 Å². The number of para-hydroxylation sites is 1. The lowest BCUT2D eigenvalue weighted by atomic mass is 10.1. The van der Waals surface area contributed by atoms with Gasteiger partial charge in [0.05, 0.1) is 23.9 Å². The Morgan fingerprint density at radius 3 is 2.81 bits per heavy atom. The SMILES string of the molecule is N#C/C(=C\c1cc(Cl)c2c(c1)OCCCO2)C(=O)Nc1ccccc1F. The van der Waals surface area contributed by atoms with Crippen molar-refractivity contribution < 1.29 is 18.7 Å². The van der Waals surface area contributed by atoms with Crippen molar-refractivity contribution >= 4 is 29.3 Å². The van der Waals surface area contributed by atoms with E-state index in [2.05, 4.69) is 5.32 Å². The van der Waals surface area contributed by atoms with Gasteiger partial charge in [0.15, 0.2) is 11.5 Å². The fourth-order valence-corrected chi connectivity index (χ4v) is 2.68. The van der Waals surface area contributed by atoms with Gasteiger partial charge in [0.2, 0.25) is 0 Å². The van der Waals surface area contributed by atoms with Crippen LogP contribution in [0.2, 0.25) is 5.02 Å². The van der Waals surface area contributed by atoms with Gasteiger partial charge in [-0.1, -0.05) is 23.7 Å². The number of amides is 1. The highest BCUT2D eigenvalue weighted by Gasteiger charge is 2.17. The van der Waals surface area contributed by atoms with Crippen molar-refractivity contribution in [1.29, 1.82) is 5.26 Å². The lowest BCUT2D eigenvalue weighted by molar-refractivity contribution is -0.112. The Balaban J connectivity index is 1.88. The number of fused-ring (bicyclic) bond motifs is 1. The number of nitrogens with zero attached hydrogens (tertiary/aromatic N) is 1. The minimum atomic E-state index is -0.721. The molecule has 3 rings (SSSR count). The molecule has 0 aromatic heterocycles. The van der Waals surface area contributed by atoms with E-state index >= 15 is 0 Å². The van der Waals surface area contributed by atoms with Gasteiger partial charge in [0.1, 0.15) is 17.5 Å². The first kappa shape index (κ1) is 17.8. The van der Waals surface area contributed by atoms with Gasteiger partial charge in [-0.2, -0.15) is 5.26 Å². The predicted octanol–water partition coefficient (Wildman–Crippen LogP) is 4.19. The summed E-state index contributed by atoms with van der Waals surface area (Å²) in [4.78, 5) is 12.3. The number of hydrogen-bond donors (Lipinski definition) is 1. The van der Waals surface area contributed by atoms with Gasteiger partial charge in [-0.3, -0.25) is 4.79 Å². The van der Waals surface area contributed by atoms with Crippen LogP contribution in [0.1, 0.15) is 12.0 Å². The maximum absolute atomic E-state index is 13.7. The molecule has 0 atom stereocenters. The summed E-state index contributed by atoms with van der Waals surface area (Å²) < 4.78 is 24.8. The molecule has 2 aromatic rings. The largest absolute Gasteiger partial charge is 0.489 e. The van der Waals surface area contributed by atoms with E-state index in [4.69, 9.17) is 21.1 Å². The summed E-state index contributed by atoms with van der Waals surface area (Å²) in [6.45, 7) is 0.978. The molecule has 7 heteroatoms. The molecule has 1 N–H and O–H groups in total. The minimum absolute atomic E-state index is 0.00431. The van der Waals surface area contributed by atoms with Crippen LogP contribution in [0.15, 0.2) is 42.0 Å². The van der Waals surface area contributed by atoms with Crippen LogP contribution in [0.25, 0.3) is 6.08 Å². The molecule has 0 spiro atoms. The Bertz CT molecular complexity index is 921. The third-order valence-electron chi connectivity index (χ3n) is 3.62. The van der Waals surface area contributed by atoms with Crippen LogP contribution in [0.5, 0.6) is 11.5 Å². The van der Waals surface area contributed by atoms with Gasteiger partial charge in [-0.15, -0.1) is 0 Å². The molecule has 0 bridgehead atoms. The van der Waals surface area contributed by atoms with E-state index in [0.717, 1.165) is 6.42 Å². The molecule has 0 unspecified atom stereocenters. The number of carbonyl (C=O) groups is 1. The number of carbonyl (C=O) groups excluding carboxylic acids is 1. The number of ether oxygens (including phenoxy) is 2. The molecule has 2 aromatic carbocycles. The Kier molecular flexibility index (Phi) is 5.40. The number of nitriles is 1. The van der Waals surface area contributed by atoms with E-state index in [0.29, 0.717) is 35.3 Å². The van der Waals surface area contributed by atoms with E-state index < -0.39 is 11.7 Å². The first-order chi connectivity index (χ1) is 12.6. The summed E-state index contributed by atoms with van der Waals surface area (Å²) in [6.07, 6.45) is 2.08. The highest BCUT2D eigenvalue weighted by molar-refractivity contribution is 6.32. The van der Waals surface area contributed by atoms with E-state index in [1.807, 2.05) is 6.07 Å². The van der Waals surface area contributed by atoms with E-state index in [1.165, 1.54) is 24.3 Å². The summed E-state index contributed by atoms with van der Waals surface area (Å²) in [5.74, 6) is -0.415. The van der Waals surface area contributed by atoms with Gasteiger partial charge in [-0.05, 0) is 35.9 Å². The zero-order chi connectivity index (χ0) is 18.5. The molecule has 0 saturated heterocycles. The number of benzene rings is 2. The molecule has 132 valence electrons. The van der Waals surface area contributed by atoms with Crippen molar-refractivity contribution in [3.8, 4) is 17.6 Å². The highest BCUT2D eigenvalue weighted by Crippen LogP contribution is 2.38. The number of anilines is 1. The van der Waals surface area contributed by atoms with Crippen molar-refractivity contribution in [3.05, 3.63) is 58.4 Å². The second-order valence-corrected chi connectivity index (χ2v) is 5.89. The number of rotatable bonds is 3. The van der Waals surface area contributed by atoms with Crippen molar-refractivity contribution in [1.82, 2.24) is 0 Å². The monoisotopic (exact) mass is 372 g/mol. The zero-order valence-corrected chi connectivity index (χ0v) is 14.3. The maximum Gasteiger partial charge on any atom is 0.266 e. The van der Waals surface area contributed by atoms with E-state index in [1.54, 1.807) is 18.2 Å². The molecule has 0 saturated carbocycles. The second kappa shape index (κ2) is 7.89. The quantitative estimate of drug-likeness (QED) is 0.648. The van der Waals surface area contributed by atoms with Crippen LogP contribution < -0.4 is 14.8 Å². The van der Waals surface area contributed by atoms with Gasteiger partial charge < -0.3 is 14.8 Å². The molecule has 0 radical (unpaired) electrons. The molecule has 1 aliphatic rings. The summed E-state index contributed by atoms with van der Waals surface area (Å²) in [5, 5.41) is 12.0. The first-order valence-corrected chi connectivity index (χ1v) is 8.23. The summed E-state index contributed by atoms with van der Waals surface area (Å²) >= 11 is 6.21. The molecule has 1 amide bonds. The first-order valence-electron chi connectivity index (χ1n) is 7.85. The maximum atomic E-state index is 13.7. The van der Waals surface area contributed by atoms with Crippen LogP contribution >= 0.6 is 11.6 Å². The van der Waals surface area contributed by atoms with Crippen molar-refractivity contribution in [3.63, 3.8) is 0 Å². The third kappa shape index (κ3) is 3.95. The van der Waals surface area contributed by atoms with Crippen LogP contribution in [0, 0.1) is 17.1 Å². The molecular weight excluding hydrogens is 359 g/mol. The highest BCUT2D eigenvalue weighted by atomic mass is 35.5. The van der Waals surface area contributed by atoms with Gasteiger partial charge >= 0.3 is 0 Å². The summed E-state index contributed by atoms with van der Waals surface area (Å²) in [6, 6.07) is 10.7. The van der Waals surface area contributed by atoms with E-state index in [9.17, 15) is 14.4 Å². The fourth-order valence-electron chi connectivity index (χ4n) is 2.40. The smallest absolute Gasteiger partial charge is 0.266 e. The molecule has 1 aliphatic heterocycles. The van der Waals surface area contributed by atoms with Crippen molar-refractivity contribution in [2.24, 2.45) is 0 Å². The van der Waals surface area contributed by atoms with Crippen LogP contribution in [-0.4, -0.2) is 19.1 Å². The zero-order valence-electron chi connectivity index (χ0n) is 13.6. The van der Waals surface area contributed by atoms with E-state index in [-0.39, 0.29) is 11.3 Å². The summed E-state index contributed by atoms with van der Waals surface area (Å²) in [5.41, 5.74) is 0.300. The van der Waals surface area contributed by atoms with Crippen molar-refractivity contribution in [2.45, 2.75) is 6.42 Å². The molecule has 26 heavy (non-hydrogen) atoms. The third-order valence-corrected chi connectivity index (χ3v) is 3.90. The number of hydrogen-bond acceptors (Lipinski definition) is 4. The van der Waals surface area contributed by atoms with Crippen LogP contribution in [0.4, 0.5) is 10.1 Å². The molecular formula is C19H14ClFN2O3. The molecule has 0 aliphatic carbocycles. The lowest BCUT2D eigenvalue weighted by Gasteiger charge is -2.10. The Labute approximate surface area is 154 Å². The Hall–Kier alpha value is -3.04. The summed E-state index contributed by atoms with van der Waals surface area (Å²) in [7, 11) is 0.